The number of pyridine rings is 1. The minimum Gasteiger partial charge on any atom is -0.465 e. The van der Waals surface area contributed by atoms with E-state index in [1.54, 1.807) is 24.7 Å². The molecule has 6 nitrogen and oxygen atoms in total. The van der Waals surface area contributed by atoms with Crippen molar-refractivity contribution in [2.45, 2.75) is 26.3 Å². The van der Waals surface area contributed by atoms with Crippen LogP contribution in [0, 0.1) is 11.6 Å². The van der Waals surface area contributed by atoms with E-state index in [-0.39, 0.29) is 37.0 Å². The first-order valence-electron chi connectivity index (χ1n) is 8.55. The molecule has 2 heterocycles. The second-order valence-corrected chi connectivity index (χ2v) is 6.14. The summed E-state index contributed by atoms with van der Waals surface area (Å²) >= 11 is 0. The fourth-order valence-corrected chi connectivity index (χ4v) is 3.02. The minimum atomic E-state index is -0.920. The molecule has 3 rings (SSSR count). The van der Waals surface area contributed by atoms with E-state index in [0.717, 1.165) is 6.07 Å². The molecule has 0 aliphatic rings. The summed E-state index contributed by atoms with van der Waals surface area (Å²) in [6, 6.07) is 5.38. The SMILES string of the molecule is CCOC(=O)Cn1c(CCc2cccc(F)c2F)cc(=O)c2cn(C)nc21. The topological polar surface area (TPSA) is 66.1 Å². The molecule has 0 fully saturated rings. The van der Waals surface area contributed by atoms with Crippen LogP contribution in [0.15, 0.2) is 35.3 Å². The van der Waals surface area contributed by atoms with Crippen LogP contribution in [0.25, 0.3) is 11.0 Å². The number of halogens is 2. The second kappa shape index (κ2) is 7.69. The number of esters is 1. The van der Waals surface area contributed by atoms with Crippen LogP contribution in [-0.4, -0.2) is 26.9 Å². The number of ether oxygens (including phenoxy) is 1. The lowest BCUT2D eigenvalue weighted by Crippen LogP contribution is -2.21. The van der Waals surface area contributed by atoms with Gasteiger partial charge in [0.15, 0.2) is 22.7 Å². The van der Waals surface area contributed by atoms with E-state index in [1.165, 1.54) is 22.9 Å². The summed E-state index contributed by atoms with van der Waals surface area (Å²) < 4.78 is 35.4. The summed E-state index contributed by atoms with van der Waals surface area (Å²) in [6.45, 7) is 1.81. The van der Waals surface area contributed by atoms with Crippen LogP contribution in [0.5, 0.6) is 0 Å². The van der Waals surface area contributed by atoms with E-state index in [2.05, 4.69) is 5.10 Å². The molecule has 0 unspecified atom stereocenters. The molecule has 0 aliphatic heterocycles. The molecular weight excluding hydrogens is 356 g/mol. The Morgan fingerprint density at radius 1 is 1.26 bits per heavy atom. The first kappa shape index (κ1) is 18.8. The van der Waals surface area contributed by atoms with Crippen LogP contribution in [0.1, 0.15) is 18.2 Å². The van der Waals surface area contributed by atoms with Crippen molar-refractivity contribution in [3.63, 3.8) is 0 Å². The zero-order chi connectivity index (χ0) is 19.6. The van der Waals surface area contributed by atoms with Crippen molar-refractivity contribution in [3.8, 4) is 0 Å². The van der Waals surface area contributed by atoms with Crippen molar-refractivity contribution < 1.29 is 18.3 Å². The Morgan fingerprint density at radius 3 is 2.78 bits per heavy atom. The highest BCUT2D eigenvalue weighted by molar-refractivity contribution is 5.77. The molecule has 0 bridgehead atoms. The highest BCUT2D eigenvalue weighted by Crippen LogP contribution is 2.17. The molecule has 0 N–H and O–H groups in total. The monoisotopic (exact) mass is 375 g/mol. The number of hydrogen-bond acceptors (Lipinski definition) is 4. The number of aromatic nitrogens is 3. The van der Waals surface area contributed by atoms with E-state index in [9.17, 15) is 18.4 Å². The average molecular weight is 375 g/mol. The van der Waals surface area contributed by atoms with Crippen molar-refractivity contribution in [3.05, 3.63) is 63.6 Å². The Balaban J connectivity index is 2.01. The van der Waals surface area contributed by atoms with Crippen LogP contribution in [0.3, 0.4) is 0 Å². The highest BCUT2D eigenvalue weighted by Gasteiger charge is 2.16. The fraction of sp³-hybridized carbons (Fsp3) is 0.316. The third-order valence-corrected chi connectivity index (χ3v) is 4.25. The maximum atomic E-state index is 13.9. The van der Waals surface area contributed by atoms with Crippen molar-refractivity contribution >= 4 is 17.0 Å². The van der Waals surface area contributed by atoms with Gasteiger partial charge in [-0.15, -0.1) is 0 Å². The van der Waals surface area contributed by atoms with E-state index in [0.29, 0.717) is 16.7 Å². The predicted molar refractivity (Wildman–Crippen MR) is 95.4 cm³/mol. The number of rotatable bonds is 6. The van der Waals surface area contributed by atoms with Gasteiger partial charge in [-0.05, 0) is 31.4 Å². The fourth-order valence-electron chi connectivity index (χ4n) is 3.02. The molecule has 0 saturated heterocycles. The summed E-state index contributed by atoms with van der Waals surface area (Å²) in [4.78, 5) is 24.4. The van der Waals surface area contributed by atoms with E-state index >= 15 is 0 Å². The molecular formula is C19H19F2N3O3. The van der Waals surface area contributed by atoms with Crippen molar-refractivity contribution in [2.24, 2.45) is 7.05 Å². The van der Waals surface area contributed by atoms with Gasteiger partial charge in [-0.25, -0.2) is 8.78 Å². The zero-order valence-electron chi connectivity index (χ0n) is 15.0. The molecule has 8 heteroatoms. The van der Waals surface area contributed by atoms with Crippen molar-refractivity contribution in [1.29, 1.82) is 0 Å². The van der Waals surface area contributed by atoms with Gasteiger partial charge in [0, 0.05) is 25.0 Å². The first-order chi connectivity index (χ1) is 12.9. The number of fused-ring (bicyclic) bond motifs is 1. The van der Waals surface area contributed by atoms with Crippen molar-refractivity contribution in [1.82, 2.24) is 14.3 Å². The standard InChI is InChI=1S/C19H19F2N3O3/c1-3-27-17(26)11-24-13(8-7-12-5-4-6-15(20)18(12)21)9-16(25)14-10-23(2)22-19(14)24/h4-6,9-10H,3,7-8,11H2,1-2H3. The predicted octanol–water partition coefficient (Wildman–Crippen LogP) is 2.36. The van der Waals surface area contributed by atoms with Gasteiger partial charge in [-0.1, -0.05) is 12.1 Å². The maximum Gasteiger partial charge on any atom is 0.326 e. The van der Waals surface area contributed by atoms with E-state index < -0.39 is 17.6 Å². The Kier molecular flexibility index (Phi) is 5.34. The summed E-state index contributed by atoms with van der Waals surface area (Å²) in [6.07, 6.45) is 1.99. The average Bonchev–Trinajstić information content (AvgIpc) is 3.01. The molecule has 0 amide bonds. The van der Waals surface area contributed by atoms with Crippen LogP contribution in [-0.2, 0) is 36.0 Å². The van der Waals surface area contributed by atoms with Crippen molar-refractivity contribution in [2.75, 3.05) is 6.61 Å². The van der Waals surface area contributed by atoms with Crippen LogP contribution in [0.4, 0.5) is 8.78 Å². The number of aryl methyl sites for hydroxylation is 3. The van der Waals surface area contributed by atoms with Gasteiger partial charge in [0.25, 0.3) is 0 Å². The number of benzene rings is 1. The van der Waals surface area contributed by atoms with Gasteiger partial charge >= 0.3 is 5.97 Å². The Bertz CT molecular complexity index is 1060. The van der Waals surface area contributed by atoms with Gasteiger partial charge < -0.3 is 9.30 Å². The normalized spacial score (nSPS) is 11.1. The molecule has 27 heavy (non-hydrogen) atoms. The Morgan fingerprint density at radius 2 is 2.04 bits per heavy atom. The number of nitrogens with zero attached hydrogens (tertiary/aromatic N) is 3. The van der Waals surface area contributed by atoms with Gasteiger partial charge in [0.1, 0.15) is 6.54 Å². The summed E-state index contributed by atoms with van der Waals surface area (Å²) in [5.74, 6) is -2.29. The Labute approximate surface area is 154 Å². The zero-order valence-corrected chi connectivity index (χ0v) is 15.0. The summed E-state index contributed by atoms with van der Waals surface area (Å²) in [7, 11) is 1.68. The number of hydrogen-bond donors (Lipinski definition) is 0. The molecule has 1 aromatic carbocycles. The smallest absolute Gasteiger partial charge is 0.326 e. The molecule has 0 atom stereocenters. The summed E-state index contributed by atoms with van der Waals surface area (Å²) in [5.41, 5.74) is 0.815. The molecule has 0 spiro atoms. The van der Waals surface area contributed by atoms with E-state index in [4.69, 9.17) is 4.74 Å². The Hall–Kier alpha value is -3.03. The lowest BCUT2D eigenvalue weighted by Gasteiger charge is -2.14. The maximum absolute atomic E-state index is 13.9. The molecule has 0 radical (unpaired) electrons. The van der Waals surface area contributed by atoms with Crippen LogP contribution in [0.2, 0.25) is 0 Å². The summed E-state index contributed by atoms with van der Waals surface area (Å²) in [5, 5.41) is 4.65. The molecule has 0 aliphatic carbocycles. The molecule has 3 aromatic rings. The lowest BCUT2D eigenvalue weighted by molar-refractivity contribution is -0.143. The number of carbonyl (C=O) groups excluding carboxylic acids is 1. The lowest BCUT2D eigenvalue weighted by atomic mass is 10.1. The largest absolute Gasteiger partial charge is 0.465 e. The third kappa shape index (κ3) is 3.89. The third-order valence-electron chi connectivity index (χ3n) is 4.25. The highest BCUT2D eigenvalue weighted by atomic mass is 19.2. The van der Waals surface area contributed by atoms with Crippen LogP contribution < -0.4 is 5.43 Å². The minimum absolute atomic E-state index is 0.122. The second-order valence-electron chi connectivity index (χ2n) is 6.14. The van der Waals surface area contributed by atoms with Gasteiger partial charge in [0.05, 0.1) is 12.0 Å². The van der Waals surface area contributed by atoms with Gasteiger partial charge in [-0.3, -0.25) is 14.3 Å². The number of carbonyl (C=O) groups is 1. The van der Waals surface area contributed by atoms with Crippen LogP contribution >= 0.6 is 0 Å². The molecule has 0 saturated carbocycles. The first-order valence-corrected chi connectivity index (χ1v) is 8.55. The quantitative estimate of drug-likeness (QED) is 0.621. The molecule has 2 aromatic heterocycles. The van der Waals surface area contributed by atoms with Gasteiger partial charge in [-0.2, -0.15) is 5.10 Å². The molecule has 142 valence electrons. The van der Waals surface area contributed by atoms with E-state index in [1.807, 2.05) is 0 Å². The van der Waals surface area contributed by atoms with Gasteiger partial charge in [0.2, 0.25) is 0 Å².